The van der Waals surface area contributed by atoms with Crippen LogP contribution in [0.2, 0.25) is 0 Å². The van der Waals surface area contributed by atoms with E-state index in [9.17, 15) is 18.8 Å². The molecule has 2 aromatic rings. The van der Waals surface area contributed by atoms with Crippen molar-refractivity contribution in [2.45, 2.75) is 33.2 Å². The number of carbonyl (C=O) groups excluding carboxylic acids is 3. The Morgan fingerprint density at radius 3 is 2.68 bits per heavy atom. The van der Waals surface area contributed by atoms with Crippen molar-refractivity contribution in [1.82, 2.24) is 10.6 Å². The van der Waals surface area contributed by atoms with Crippen LogP contribution in [0.5, 0.6) is 0 Å². The standard InChI is InChI=1S/C17H19FN2O4S/c1-4-9(2)19-17(23)20-13(21)8-24-16(22)15-10(3)14-11(18)6-5-7-12(14)25-15/h5-7,9H,4,8H2,1-3H3,(H2,19,20,21,23)/t9-/m1/s1. The molecule has 0 aliphatic heterocycles. The predicted octanol–water partition coefficient (Wildman–Crippen LogP) is 3.13. The topological polar surface area (TPSA) is 84.5 Å². The number of carbonyl (C=O) groups is 3. The van der Waals surface area contributed by atoms with Crippen LogP contribution in [-0.2, 0) is 9.53 Å². The first-order valence-electron chi connectivity index (χ1n) is 7.78. The monoisotopic (exact) mass is 366 g/mol. The second kappa shape index (κ2) is 8.06. The summed E-state index contributed by atoms with van der Waals surface area (Å²) in [7, 11) is 0. The van der Waals surface area contributed by atoms with Crippen LogP contribution in [-0.4, -0.2) is 30.6 Å². The highest BCUT2D eigenvalue weighted by Gasteiger charge is 2.20. The van der Waals surface area contributed by atoms with E-state index in [0.29, 0.717) is 15.6 Å². The number of hydrogen-bond donors (Lipinski definition) is 2. The van der Waals surface area contributed by atoms with Gasteiger partial charge in [-0.1, -0.05) is 13.0 Å². The van der Waals surface area contributed by atoms with Crippen molar-refractivity contribution in [1.29, 1.82) is 0 Å². The van der Waals surface area contributed by atoms with Crippen LogP contribution in [0.1, 0.15) is 35.5 Å². The predicted molar refractivity (Wildman–Crippen MR) is 93.2 cm³/mol. The van der Waals surface area contributed by atoms with Crippen molar-refractivity contribution < 1.29 is 23.5 Å². The van der Waals surface area contributed by atoms with E-state index in [1.165, 1.54) is 6.07 Å². The third kappa shape index (κ3) is 4.54. The van der Waals surface area contributed by atoms with Gasteiger partial charge in [-0.2, -0.15) is 0 Å². The number of rotatable bonds is 5. The lowest BCUT2D eigenvalue weighted by Gasteiger charge is -2.11. The van der Waals surface area contributed by atoms with Gasteiger partial charge in [-0.15, -0.1) is 11.3 Å². The smallest absolute Gasteiger partial charge is 0.349 e. The number of amides is 3. The van der Waals surface area contributed by atoms with Gasteiger partial charge in [0.15, 0.2) is 6.61 Å². The van der Waals surface area contributed by atoms with Crippen LogP contribution in [0.25, 0.3) is 10.1 Å². The Kier molecular flexibility index (Phi) is 6.08. The summed E-state index contributed by atoms with van der Waals surface area (Å²) in [5, 5.41) is 5.01. The molecule has 0 aliphatic carbocycles. The van der Waals surface area contributed by atoms with Gasteiger partial charge >= 0.3 is 12.0 Å². The van der Waals surface area contributed by atoms with E-state index in [2.05, 4.69) is 10.6 Å². The summed E-state index contributed by atoms with van der Waals surface area (Å²) < 4.78 is 19.4. The van der Waals surface area contributed by atoms with E-state index in [1.54, 1.807) is 26.0 Å². The fraction of sp³-hybridized carbons (Fsp3) is 0.353. The van der Waals surface area contributed by atoms with E-state index in [-0.39, 0.29) is 10.9 Å². The highest BCUT2D eigenvalue weighted by atomic mass is 32.1. The number of thiophene rings is 1. The Bertz CT molecular complexity index is 818. The lowest BCUT2D eigenvalue weighted by molar-refractivity contribution is -0.123. The van der Waals surface area contributed by atoms with Gasteiger partial charge in [-0.05, 0) is 38.0 Å². The van der Waals surface area contributed by atoms with Crippen molar-refractivity contribution in [3.63, 3.8) is 0 Å². The molecule has 134 valence electrons. The molecule has 0 radical (unpaired) electrons. The molecular formula is C17H19FN2O4S. The second-order valence-electron chi connectivity index (χ2n) is 5.58. The normalized spacial score (nSPS) is 11.8. The van der Waals surface area contributed by atoms with Crippen LogP contribution in [0.15, 0.2) is 18.2 Å². The Morgan fingerprint density at radius 2 is 2.04 bits per heavy atom. The molecule has 6 nitrogen and oxygen atoms in total. The van der Waals surface area contributed by atoms with Crippen LogP contribution in [0.4, 0.5) is 9.18 Å². The number of halogens is 1. The quantitative estimate of drug-likeness (QED) is 0.796. The highest BCUT2D eigenvalue weighted by Crippen LogP contribution is 2.32. The van der Waals surface area contributed by atoms with Crippen molar-refractivity contribution in [3.8, 4) is 0 Å². The van der Waals surface area contributed by atoms with Crippen molar-refractivity contribution in [2.24, 2.45) is 0 Å². The molecule has 0 fully saturated rings. The first-order valence-corrected chi connectivity index (χ1v) is 8.60. The Morgan fingerprint density at radius 1 is 1.32 bits per heavy atom. The summed E-state index contributed by atoms with van der Waals surface area (Å²) in [5.74, 6) is -1.88. The number of urea groups is 1. The molecule has 0 unspecified atom stereocenters. The number of imide groups is 1. The number of aryl methyl sites for hydroxylation is 1. The van der Waals surface area contributed by atoms with Gasteiger partial charge in [0.2, 0.25) is 0 Å². The molecule has 1 heterocycles. The van der Waals surface area contributed by atoms with Crippen molar-refractivity contribution >= 4 is 39.3 Å². The van der Waals surface area contributed by atoms with Crippen LogP contribution >= 0.6 is 11.3 Å². The SMILES string of the molecule is CC[C@@H](C)NC(=O)NC(=O)COC(=O)c1sc2cccc(F)c2c1C. The number of esters is 1. The summed E-state index contributed by atoms with van der Waals surface area (Å²) >= 11 is 1.10. The molecule has 0 saturated carbocycles. The largest absolute Gasteiger partial charge is 0.451 e. The molecule has 0 saturated heterocycles. The minimum atomic E-state index is -0.737. The average Bonchev–Trinajstić information content (AvgIpc) is 2.90. The van der Waals surface area contributed by atoms with Crippen molar-refractivity contribution in [3.05, 3.63) is 34.5 Å². The summed E-state index contributed by atoms with van der Waals surface area (Å²) in [6.45, 7) is 4.72. The molecule has 8 heteroatoms. The Hall–Kier alpha value is -2.48. The van der Waals surface area contributed by atoms with Crippen molar-refractivity contribution in [2.75, 3.05) is 6.61 Å². The lowest BCUT2D eigenvalue weighted by Crippen LogP contribution is -2.44. The third-order valence-corrected chi connectivity index (χ3v) is 4.90. The minimum Gasteiger partial charge on any atom is -0.451 e. The van der Waals surface area contributed by atoms with Crippen LogP contribution < -0.4 is 10.6 Å². The Balaban J connectivity index is 1.97. The zero-order chi connectivity index (χ0) is 18.6. The van der Waals surface area contributed by atoms with Gasteiger partial charge in [-0.25, -0.2) is 14.0 Å². The summed E-state index contributed by atoms with van der Waals surface area (Å²) in [5.41, 5.74) is 0.470. The molecule has 1 aromatic carbocycles. The minimum absolute atomic E-state index is 0.0774. The van der Waals surface area contributed by atoms with E-state index in [4.69, 9.17) is 4.74 Å². The molecule has 2 rings (SSSR count). The lowest BCUT2D eigenvalue weighted by atomic mass is 10.1. The van der Waals surface area contributed by atoms with Gasteiger partial charge in [0.25, 0.3) is 5.91 Å². The summed E-state index contributed by atoms with van der Waals surface area (Å²) in [4.78, 5) is 35.6. The average molecular weight is 366 g/mol. The van der Waals surface area contributed by atoms with Gasteiger partial charge in [0, 0.05) is 16.1 Å². The first kappa shape index (κ1) is 18.9. The molecule has 3 amide bonds. The molecule has 0 spiro atoms. The van der Waals surface area contributed by atoms with E-state index in [0.717, 1.165) is 17.8 Å². The van der Waals surface area contributed by atoms with Gasteiger partial charge in [-0.3, -0.25) is 10.1 Å². The van der Waals surface area contributed by atoms with E-state index >= 15 is 0 Å². The number of ether oxygens (including phenoxy) is 1. The van der Waals surface area contributed by atoms with Gasteiger partial charge in [0.05, 0.1) is 0 Å². The molecule has 25 heavy (non-hydrogen) atoms. The fourth-order valence-electron chi connectivity index (χ4n) is 2.17. The fourth-order valence-corrected chi connectivity index (χ4v) is 3.29. The zero-order valence-corrected chi connectivity index (χ0v) is 15.0. The molecule has 0 bridgehead atoms. The van der Waals surface area contributed by atoms with Crippen LogP contribution in [0, 0.1) is 12.7 Å². The van der Waals surface area contributed by atoms with Gasteiger partial charge < -0.3 is 10.1 Å². The maximum absolute atomic E-state index is 13.9. The number of nitrogens with one attached hydrogen (secondary N) is 2. The molecular weight excluding hydrogens is 347 g/mol. The zero-order valence-electron chi connectivity index (χ0n) is 14.1. The molecule has 1 atom stereocenters. The van der Waals surface area contributed by atoms with Crippen LogP contribution in [0.3, 0.4) is 0 Å². The molecule has 2 N–H and O–H groups in total. The van der Waals surface area contributed by atoms with Gasteiger partial charge in [0.1, 0.15) is 10.7 Å². The van der Waals surface area contributed by atoms with E-state index < -0.39 is 30.3 Å². The highest BCUT2D eigenvalue weighted by molar-refractivity contribution is 7.21. The molecule has 0 aliphatic rings. The maximum Gasteiger partial charge on any atom is 0.349 e. The van der Waals surface area contributed by atoms with E-state index in [1.807, 2.05) is 6.92 Å². The number of benzene rings is 1. The second-order valence-corrected chi connectivity index (χ2v) is 6.63. The first-order chi connectivity index (χ1) is 11.8. The third-order valence-electron chi connectivity index (χ3n) is 3.67. The molecule has 1 aromatic heterocycles. The Labute approximate surface area is 148 Å². The maximum atomic E-state index is 13.9. The number of fused-ring (bicyclic) bond motifs is 1. The number of hydrogen-bond acceptors (Lipinski definition) is 5. The summed E-state index contributed by atoms with van der Waals surface area (Å²) in [6.07, 6.45) is 0.721. The summed E-state index contributed by atoms with van der Waals surface area (Å²) in [6, 6.07) is 3.87.